The lowest BCUT2D eigenvalue weighted by atomic mass is 10.0. The number of hydrogen-bond acceptors (Lipinski definition) is 3. The van der Waals surface area contributed by atoms with Crippen LogP contribution in [0, 0.1) is 0 Å². The van der Waals surface area contributed by atoms with Gasteiger partial charge in [0.15, 0.2) is 5.78 Å². The third-order valence-corrected chi connectivity index (χ3v) is 3.24. The first-order valence-electron chi connectivity index (χ1n) is 6.67. The molecule has 0 fully saturated rings. The summed E-state index contributed by atoms with van der Waals surface area (Å²) in [5.74, 6) is 0.0614. The van der Waals surface area contributed by atoms with Gasteiger partial charge < -0.3 is 10.2 Å². The molecule has 2 aromatic rings. The fourth-order valence-electron chi connectivity index (χ4n) is 2.06. The molecule has 0 spiro atoms. The zero-order chi connectivity index (χ0) is 14.5. The molecule has 3 heteroatoms. The molecule has 0 atom stereocenters. The van der Waals surface area contributed by atoms with Crippen molar-refractivity contribution in [1.82, 2.24) is 5.32 Å². The van der Waals surface area contributed by atoms with E-state index in [0.717, 1.165) is 23.4 Å². The van der Waals surface area contributed by atoms with Crippen molar-refractivity contribution in [2.45, 2.75) is 6.54 Å². The summed E-state index contributed by atoms with van der Waals surface area (Å²) in [5, 5.41) is 3.09. The SMILES string of the molecule is CNCc1ccc(C(=O)c2ccc(N(C)C)cc2)cc1. The number of hydrogen-bond donors (Lipinski definition) is 1. The molecule has 0 aromatic heterocycles. The Hall–Kier alpha value is -2.13. The van der Waals surface area contributed by atoms with Crippen LogP contribution in [0.2, 0.25) is 0 Å². The topological polar surface area (TPSA) is 32.3 Å². The van der Waals surface area contributed by atoms with E-state index < -0.39 is 0 Å². The number of nitrogens with one attached hydrogen (secondary N) is 1. The Morgan fingerprint density at radius 2 is 1.45 bits per heavy atom. The van der Waals surface area contributed by atoms with Gasteiger partial charge in [0.25, 0.3) is 0 Å². The van der Waals surface area contributed by atoms with Crippen molar-refractivity contribution in [2.75, 3.05) is 26.0 Å². The van der Waals surface area contributed by atoms with Crippen molar-refractivity contribution >= 4 is 11.5 Å². The quantitative estimate of drug-likeness (QED) is 0.846. The standard InChI is InChI=1S/C17H20N2O/c1-18-12-13-4-6-14(7-5-13)17(20)15-8-10-16(11-9-15)19(2)3/h4-11,18H,12H2,1-3H3. The number of carbonyl (C=O) groups excluding carboxylic acids is 1. The lowest BCUT2D eigenvalue weighted by molar-refractivity contribution is 0.103. The van der Waals surface area contributed by atoms with Gasteiger partial charge in [0.05, 0.1) is 0 Å². The van der Waals surface area contributed by atoms with Crippen LogP contribution < -0.4 is 10.2 Å². The Labute approximate surface area is 120 Å². The van der Waals surface area contributed by atoms with E-state index in [1.54, 1.807) is 0 Å². The van der Waals surface area contributed by atoms with E-state index in [1.807, 2.05) is 74.6 Å². The molecule has 0 saturated carbocycles. The van der Waals surface area contributed by atoms with E-state index in [0.29, 0.717) is 0 Å². The monoisotopic (exact) mass is 268 g/mol. The van der Waals surface area contributed by atoms with Gasteiger partial charge in [-0.3, -0.25) is 4.79 Å². The summed E-state index contributed by atoms with van der Waals surface area (Å²) < 4.78 is 0. The molecule has 1 N–H and O–H groups in total. The molecule has 20 heavy (non-hydrogen) atoms. The van der Waals surface area contributed by atoms with Crippen molar-refractivity contribution < 1.29 is 4.79 Å². The van der Waals surface area contributed by atoms with E-state index >= 15 is 0 Å². The van der Waals surface area contributed by atoms with Gasteiger partial charge in [0, 0.05) is 37.5 Å². The zero-order valence-electron chi connectivity index (χ0n) is 12.2. The minimum Gasteiger partial charge on any atom is -0.378 e. The maximum atomic E-state index is 12.4. The molecule has 3 nitrogen and oxygen atoms in total. The molecule has 0 radical (unpaired) electrons. The number of anilines is 1. The normalized spacial score (nSPS) is 10.3. The number of ketones is 1. The fourth-order valence-corrected chi connectivity index (χ4v) is 2.06. The molecule has 0 unspecified atom stereocenters. The van der Waals surface area contributed by atoms with Crippen LogP contribution >= 0.6 is 0 Å². The van der Waals surface area contributed by atoms with Crippen molar-refractivity contribution in [3.63, 3.8) is 0 Å². The first-order chi connectivity index (χ1) is 9.61. The van der Waals surface area contributed by atoms with E-state index in [2.05, 4.69) is 5.32 Å². The summed E-state index contributed by atoms with van der Waals surface area (Å²) in [4.78, 5) is 14.4. The minimum absolute atomic E-state index is 0.0614. The molecule has 0 aliphatic rings. The molecule has 0 saturated heterocycles. The predicted octanol–water partition coefficient (Wildman–Crippen LogP) is 2.70. The smallest absolute Gasteiger partial charge is 0.193 e. The van der Waals surface area contributed by atoms with Crippen LogP contribution in [0.15, 0.2) is 48.5 Å². The largest absolute Gasteiger partial charge is 0.378 e. The van der Waals surface area contributed by atoms with Crippen LogP contribution in [0.25, 0.3) is 0 Å². The fraction of sp³-hybridized carbons (Fsp3) is 0.235. The lowest BCUT2D eigenvalue weighted by Crippen LogP contribution is -2.09. The molecule has 0 bridgehead atoms. The van der Waals surface area contributed by atoms with Crippen molar-refractivity contribution in [1.29, 1.82) is 0 Å². The number of benzene rings is 2. The van der Waals surface area contributed by atoms with Gasteiger partial charge in [-0.1, -0.05) is 24.3 Å². The van der Waals surface area contributed by atoms with Crippen LogP contribution in [0.5, 0.6) is 0 Å². The molecule has 2 rings (SSSR count). The summed E-state index contributed by atoms with van der Waals surface area (Å²) in [6.07, 6.45) is 0. The highest BCUT2D eigenvalue weighted by molar-refractivity contribution is 6.09. The summed E-state index contributed by atoms with van der Waals surface area (Å²) in [6, 6.07) is 15.4. The van der Waals surface area contributed by atoms with Crippen molar-refractivity contribution in [2.24, 2.45) is 0 Å². The Bertz CT molecular complexity index is 571. The van der Waals surface area contributed by atoms with Crippen LogP contribution in [-0.2, 0) is 6.54 Å². The molecule has 0 amide bonds. The number of nitrogens with zero attached hydrogens (tertiary/aromatic N) is 1. The van der Waals surface area contributed by atoms with Gasteiger partial charge in [-0.05, 0) is 36.9 Å². The summed E-state index contributed by atoms with van der Waals surface area (Å²) in [6.45, 7) is 0.812. The maximum absolute atomic E-state index is 12.4. The summed E-state index contributed by atoms with van der Waals surface area (Å²) >= 11 is 0. The molecule has 2 aromatic carbocycles. The molecular formula is C17H20N2O. The lowest BCUT2D eigenvalue weighted by Gasteiger charge is -2.12. The van der Waals surface area contributed by atoms with Gasteiger partial charge in [0.2, 0.25) is 0 Å². The molecule has 0 heterocycles. The Balaban J connectivity index is 2.17. The average Bonchev–Trinajstić information content (AvgIpc) is 2.48. The van der Waals surface area contributed by atoms with E-state index in [1.165, 1.54) is 5.56 Å². The number of carbonyl (C=O) groups is 1. The van der Waals surface area contributed by atoms with E-state index in [9.17, 15) is 4.79 Å². The van der Waals surface area contributed by atoms with Crippen molar-refractivity contribution in [3.8, 4) is 0 Å². The first kappa shape index (κ1) is 14.3. The second kappa shape index (κ2) is 6.35. The van der Waals surface area contributed by atoms with E-state index in [4.69, 9.17) is 0 Å². The van der Waals surface area contributed by atoms with E-state index in [-0.39, 0.29) is 5.78 Å². The second-order valence-electron chi connectivity index (χ2n) is 5.00. The Kier molecular flexibility index (Phi) is 4.53. The second-order valence-corrected chi connectivity index (χ2v) is 5.00. The van der Waals surface area contributed by atoms with Crippen LogP contribution in [0.4, 0.5) is 5.69 Å². The minimum atomic E-state index is 0.0614. The van der Waals surface area contributed by atoms with Crippen molar-refractivity contribution in [3.05, 3.63) is 65.2 Å². The Morgan fingerprint density at radius 1 is 0.950 bits per heavy atom. The van der Waals surface area contributed by atoms with Gasteiger partial charge in [-0.2, -0.15) is 0 Å². The Morgan fingerprint density at radius 3 is 1.90 bits per heavy atom. The van der Waals surface area contributed by atoms with Crippen LogP contribution in [0.3, 0.4) is 0 Å². The third-order valence-electron chi connectivity index (χ3n) is 3.24. The molecular weight excluding hydrogens is 248 g/mol. The highest BCUT2D eigenvalue weighted by atomic mass is 16.1. The average molecular weight is 268 g/mol. The first-order valence-corrected chi connectivity index (χ1v) is 6.67. The highest BCUT2D eigenvalue weighted by Crippen LogP contribution is 2.16. The third kappa shape index (κ3) is 3.25. The summed E-state index contributed by atoms with van der Waals surface area (Å²) in [5.41, 5.74) is 3.71. The van der Waals surface area contributed by atoms with Gasteiger partial charge in [-0.25, -0.2) is 0 Å². The highest BCUT2D eigenvalue weighted by Gasteiger charge is 2.09. The molecule has 0 aliphatic carbocycles. The number of rotatable bonds is 5. The molecule has 0 aliphatic heterocycles. The van der Waals surface area contributed by atoms with Gasteiger partial charge in [0.1, 0.15) is 0 Å². The van der Waals surface area contributed by atoms with Crippen LogP contribution in [-0.4, -0.2) is 26.9 Å². The van der Waals surface area contributed by atoms with Gasteiger partial charge >= 0.3 is 0 Å². The zero-order valence-corrected chi connectivity index (χ0v) is 12.2. The predicted molar refractivity (Wildman–Crippen MR) is 83.4 cm³/mol. The maximum Gasteiger partial charge on any atom is 0.193 e. The van der Waals surface area contributed by atoms with Crippen LogP contribution in [0.1, 0.15) is 21.5 Å². The van der Waals surface area contributed by atoms with Gasteiger partial charge in [-0.15, -0.1) is 0 Å². The summed E-state index contributed by atoms with van der Waals surface area (Å²) in [7, 11) is 5.88. The molecule has 104 valence electrons.